The molecule has 1 fully saturated rings. The van der Waals surface area contributed by atoms with Crippen molar-refractivity contribution in [2.45, 2.75) is 78.2 Å². The van der Waals surface area contributed by atoms with Crippen LogP contribution in [0, 0.1) is 5.92 Å². The van der Waals surface area contributed by atoms with Crippen molar-refractivity contribution in [3.8, 4) is 0 Å². The molecule has 0 aromatic carbocycles. The SMILES string of the molecule is CC[C@H]1[C@@H](C(=O)OC(C)(C)C)N(C(=O)OC(C)(C)C)C[C@@H]1O. The fourth-order valence-electron chi connectivity index (χ4n) is 2.56. The van der Waals surface area contributed by atoms with Crippen molar-refractivity contribution >= 4 is 12.1 Å². The van der Waals surface area contributed by atoms with E-state index < -0.39 is 35.4 Å². The Morgan fingerprint density at radius 3 is 2.00 bits per heavy atom. The molecule has 0 spiro atoms. The van der Waals surface area contributed by atoms with Gasteiger partial charge in [-0.05, 0) is 48.0 Å². The lowest BCUT2D eigenvalue weighted by atomic mass is 9.95. The summed E-state index contributed by atoms with van der Waals surface area (Å²) in [5.74, 6) is -0.843. The van der Waals surface area contributed by atoms with Gasteiger partial charge in [0.25, 0.3) is 0 Å². The number of aliphatic hydroxyl groups excluding tert-OH is 1. The maximum absolute atomic E-state index is 12.5. The summed E-state index contributed by atoms with van der Waals surface area (Å²) in [5.41, 5.74) is -1.31. The summed E-state index contributed by atoms with van der Waals surface area (Å²) in [7, 11) is 0. The molecule has 0 radical (unpaired) electrons. The highest BCUT2D eigenvalue weighted by molar-refractivity contribution is 5.83. The molecule has 1 rings (SSSR count). The van der Waals surface area contributed by atoms with Crippen molar-refractivity contribution in [2.75, 3.05) is 6.54 Å². The maximum Gasteiger partial charge on any atom is 0.411 e. The quantitative estimate of drug-likeness (QED) is 0.792. The summed E-state index contributed by atoms with van der Waals surface area (Å²) >= 11 is 0. The highest BCUT2D eigenvalue weighted by Gasteiger charge is 2.49. The second kappa shape index (κ2) is 6.44. The van der Waals surface area contributed by atoms with E-state index in [1.807, 2.05) is 6.92 Å². The van der Waals surface area contributed by atoms with Gasteiger partial charge in [-0.25, -0.2) is 9.59 Å². The Kier molecular flexibility index (Phi) is 5.49. The molecule has 0 unspecified atom stereocenters. The fraction of sp³-hybridized carbons (Fsp3) is 0.875. The number of hydrogen-bond acceptors (Lipinski definition) is 5. The number of β-amino-alcohol motifs (C(OH)–C–C–N with tert-alkyl or cyclic N) is 1. The lowest BCUT2D eigenvalue weighted by molar-refractivity contribution is -0.161. The van der Waals surface area contributed by atoms with E-state index in [0.29, 0.717) is 6.42 Å². The number of hydrogen-bond donors (Lipinski definition) is 1. The molecule has 6 nitrogen and oxygen atoms in total. The number of amides is 1. The first-order valence-electron chi connectivity index (χ1n) is 7.76. The number of rotatable bonds is 2. The van der Waals surface area contributed by atoms with Gasteiger partial charge in [0.1, 0.15) is 17.2 Å². The van der Waals surface area contributed by atoms with Gasteiger partial charge < -0.3 is 14.6 Å². The molecule has 1 N–H and O–H groups in total. The van der Waals surface area contributed by atoms with Gasteiger partial charge in [0.2, 0.25) is 0 Å². The Morgan fingerprint density at radius 2 is 1.59 bits per heavy atom. The maximum atomic E-state index is 12.5. The predicted molar refractivity (Wildman–Crippen MR) is 82.4 cm³/mol. The van der Waals surface area contributed by atoms with Crippen molar-refractivity contribution in [1.29, 1.82) is 0 Å². The Bertz CT molecular complexity index is 421. The van der Waals surface area contributed by atoms with Crippen molar-refractivity contribution in [3.63, 3.8) is 0 Å². The van der Waals surface area contributed by atoms with E-state index in [0.717, 1.165) is 0 Å². The molecule has 1 amide bonds. The second-order valence-corrected chi connectivity index (χ2v) is 7.75. The monoisotopic (exact) mass is 315 g/mol. The molecular weight excluding hydrogens is 286 g/mol. The lowest BCUT2D eigenvalue weighted by Crippen LogP contribution is -2.47. The van der Waals surface area contributed by atoms with Gasteiger partial charge in [-0.15, -0.1) is 0 Å². The minimum absolute atomic E-state index is 0.0807. The van der Waals surface area contributed by atoms with Crippen LogP contribution in [0.3, 0.4) is 0 Å². The van der Waals surface area contributed by atoms with Gasteiger partial charge in [-0.1, -0.05) is 6.92 Å². The number of ether oxygens (including phenoxy) is 2. The van der Waals surface area contributed by atoms with E-state index in [1.165, 1.54) is 4.90 Å². The number of carbonyl (C=O) groups excluding carboxylic acids is 2. The Hall–Kier alpha value is -1.30. The minimum atomic E-state index is -0.811. The highest BCUT2D eigenvalue weighted by atomic mass is 16.6. The van der Waals surface area contributed by atoms with Crippen LogP contribution < -0.4 is 0 Å². The molecule has 0 aromatic heterocycles. The highest BCUT2D eigenvalue weighted by Crippen LogP contribution is 2.31. The predicted octanol–water partition coefficient (Wildman–Crippen LogP) is 2.33. The minimum Gasteiger partial charge on any atom is -0.458 e. The molecule has 0 aliphatic carbocycles. The van der Waals surface area contributed by atoms with Crippen molar-refractivity contribution < 1.29 is 24.2 Å². The first-order chi connectivity index (χ1) is 9.85. The van der Waals surface area contributed by atoms with E-state index in [2.05, 4.69) is 0 Å². The van der Waals surface area contributed by atoms with E-state index in [4.69, 9.17) is 9.47 Å². The zero-order valence-corrected chi connectivity index (χ0v) is 14.7. The molecule has 1 saturated heterocycles. The summed E-state index contributed by atoms with van der Waals surface area (Å²) in [6, 6.07) is -0.811. The standard InChI is InChI=1S/C16H29NO5/c1-8-10-11(18)9-17(14(20)22-16(5,6)7)12(10)13(19)21-15(2,3)4/h10-12,18H,8-9H2,1-7H3/t10-,11+,12+/m1/s1. The van der Waals surface area contributed by atoms with Gasteiger partial charge in [-0.2, -0.15) is 0 Å². The smallest absolute Gasteiger partial charge is 0.411 e. The van der Waals surface area contributed by atoms with Crippen LogP contribution in [0.4, 0.5) is 4.79 Å². The Balaban J connectivity index is 2.99. The van der Waals surface area contributed by atoms with E-state index in [-0.39, 0.29) is 12.5 Å². The Morgan fingerprint density at radius 1 is 1.09 bits per heavy atom. The van der Waals surface area contributed by atoms with Crippen LogP contribution in [0.25, 0.3) is 0 Å². The van der Waals surface area contributed by atoms with Crippen LogP contribution in [-0.4, -0.2) is 52.0 Å². The lowest BCUT2D eigenvalue weighted by Gasteiger charge is -2.31. The van der Waals surface area contributed by atoms with Crippen molar-refractivity contribution in [1.82, 2.24) is 4.90 Å². The molecule has 0 bridgehead atoms. The molecule has 22 heavy (non-hydrogen) atoms. The van der Waals surface area contributed by atoms with E-state index in [1.54, 1.807) is 41.5 Å². The topological polar surface area (TPSA) is 76.1 Å². The third-order valence-corrected chi connectivity index (χ3v) is 3.37. The van der Waals surface area contributed by atoms with Crippen LogP contribution >= 0.6 is 0 Å². The van der Waals surface area contributed by atoms with Gasteiger partial charge in [0.05, 0.1) is 12.6 Å². The normalized spacial score (nSPS) is 26.0. The zero-order valence-electron chi connectivity index (χ0n) is 14.7. The zero-order chi connectivity index (χ0) is 17.3. The molecule has 1 aliphatic heterocycles. The molecule has 6 heteroatoms. The summed E-state index contributed by atoms with van der Waals surface area (Å²) in [6.07, 6.45) is -0.780. The average molecular weight is 315 g/mol. The molecular formula is C16H29NO5. The number of aliphatic hydroxyl groups is 1. The number of nitrogens with zero attached hydrogens (tertiary/aromatic N) is 1. The molecule has 1 aliphatic rings. The van der Waals surface area contributed by atoms with Crippen LogP contribution in [0.1, 0.15) is 54.9 Å². The van der Waals surface area contributed by atoms with Crippen LogP contribution in [0.15, 0.2) is 0 Å². The van der Waals surface area contributed by atoms with Gasteiger partial charge in [0, 0.05) is 5.92 Å². The van der Waals surface area contributed by atoms with Gasteiger partial charge in [-0.3, -0.25) is 4.90 Å². The third kappa shape index (κ3) is 4.87. The van der Waals surface area contributed by atoms with Crippen molar-refractivity contribution in [2.24, 2.45) is 5.92 Å². The number of esters is 1. The van der Waals surface area contributed by atoms with Crippen LogP contribution in [-0.2, 0) is 14.3 Å². The van der Waals surface area contributed by atoms with Crippen LogP contribution in [0.5, 0.6) is 0 Å². The van der Waals surface area contributed by atoms with Gasteiger partial charge in [0.15, 0.2) is 0 Å². The summed E-state index contributed by atoms with van der Waals surface area (Å²) in [4.78, 5) is 26.1. The molecule has 0 saturated carbocycles. The fourth-order valence-corrected chi connectivity index (χ4v) is 2.56. The second-order valence-electron chi connectivity index (χ2n) is 7.75. The molecule has 128 valence electrons. The largest absolute Gasteiger partial charge is 0.458 e. The first kappa shape index (κ1) is 18.7. The average Bonchev–Trinajstić information content (AvgIpc) is 2.61. The molecule has 0 aromatic rings. The van der Waals surface area contributed by atoms with E-state index in [9.17, 15) is 14.7 Å². The molecule has 3 atom stereocenters. The molecule has 1 heterocycles. The third-order valence-electron chi connectivity index (χ3n) is 3.37. The first-order valence-corrected chi connectivity index (χ1v) is 7.76. The van der Waals surface area contributed by atoms with Crippen LogP contribution in [0.2, 0.25) is 0 Å². The summed E-state index contributed by atoms with van der Waals surface area (Å²) < 4.78 is 10.8. The van der Waals surface area contributed by atoms with E-state index >= 15 is 0 Å². The summed E-state index contributed by atoms with van der Waals surface area (Å²) in [5, 5.41) is 10.2. The summed E-state index contributed by atoms with van der Waals surface area (Å²) in [6.45, 7) is 12.6. The number of likely N-dealkylation sites (tertiary alicyclic amines) is 1. The van der Waals surface area contributed by atoms with Gasteiger partial charge >= 0.3 is 12.1 Å². The van der Waals surface area contributed by atoms with Crippen molar-refractivity contribution in [3.05, 3.63) is 0 Å². The number of carbonyl (C=O) groups is 2. The Labute approximate surface area is 132 Å².